The highest BCUT2D eigenvalue weighted by molar-refractivity contribution is 7.99. The van der Waals surface area contributed by atoms with E-state index in [-0.39, 0.29) is 29.3 Å². The lowest BCUT2D eigenvalue weighted by Gasteiger charge is -2.12. The molecule has 0 atom stereocenters. The molecule has 1 N–H and O–H groups in total. The van der Waals surface area contributed by atoms with Gasteiger partial charge in [-0.25, -0.2) is 4.98 Å². The lowest BCUT2D eigenvalue weighted by Crippen LogP contribution is -2.27. The van der Waals surface area contributed by atoms with E-state index in [0.29, 0.717) is 28.6 Å². The predicted octanol–water partition coefficient (Wildman–Crippen LogP) is 4.61. The Hall–Kier alpha value is -4.04. The summed E-state index contributed by atoms with van der Waals surface area (Å²) in [5.41, 5.74) is 2.90. The molecule has 0 spiro atoms. The van der Waals surface area contributed by atoms with Crippen molar-refractivity contribution >= 4 is 39.7 Å². The average molecular weight is 486 g/mol. The molecule has 0 saturated heterocycles. The number of ether oxygens (including phenoxy) is 1. The molecule has 7 nitrogen and oxygen atoms in total. The van der Waals surface area contributed by atoms with Crippen LogP contribution in [0.3, 0.4) is 0 Å². The number of amides is 1. The van der Waals surface area contributed by atoms with Gasteiger partial charge in [0.05, 0.1) is 19.4 Å². The summed E-state index contributed by atoms with van der Waals surface area (Å²) in [5, 5.41) is 4.14. The molecule has 0 saturated carbocycles. The fourth-order valence-electron chi connectivity index (χ4n) is 3.83. The Morgan fingerprint density at radius 1 is 1.03 bits per heavy atom. The van der Waals surface area contributed by atoms with Gasteiger partial charge in [0.1, 0.15) is 16.8 Å². The number of carbonyl (C=O) groups excluding carboxylic acids is 1. The number of rotatable bonds is 8. The fraction of sp³-hybridized carbons (Fsp3) is 0.148. The number of aromatic nitrogens is 2. The number of furan rings is 1. The summed E-state index contributed by atoms with van der Waals surface area (Å²) in [4.78, 5) is 30.9. The monoisotopic (exact) mass is 485 g/mol. The largest absolute Gasteiger partial charge is 0.497 e. The first kappa shape index (κ1) is 22.7. The number of para-hydroxylation sites is 1. The van der Waals surface area contributed by atoms with E-state index in [1.807, 2.05) is 78.9 Å². The summed E-state index contributed by atoms with van der Waals surface area (Å²) in [5.74, 6) is 0.680. The first-order chi connectivity index (χ1) is 17.1. The minimum atomic E-state index is -0.291. The van der Waals surface area contributed by atoms with Gasteiger partial charge in [-0.15, -0.1) is 0 Å². The fourth-order valence-corrected chi connectivity index (χ4v) is 4.66. The van der Waals surface area contributed by atoms with Crippen molar-refractivity contribution in [2.75, 3.05) is 12.9 Å². The molecule has 5 rings (SSSR count). The van der Waals surface area contributed by atoms with Gasteiger partial charge in [0.25, 0.3) is 5.56 Å². The normalized spacial score (nSPS) is 11.1. The lowest BCUT2D eigenvalue weighted by molar-refractivity contribution is -0.118. The van der Waals surface area contributed by atoms with Crippen molar-refractivity contribution in [3.63, 3.8) is 0 Å². The van der Waals surface area contributed by atoms with Gasteiger partial charge >= 0.3 is 0 Å². The smallest absolute Gasteiger partial charge is 0.298 e. The summed E-state index contributed by atoms with van der Waals surface area (Å²) in [6, 6.07) is 24.6. The highest BCUT2D eigenvalue weighted by Crippen LogP contribution is 2.27. The Morgan fingerprint density at radius 3 is 2.63 bits per heavy atom. The first-order valence-electron chi connectivity index (χ1n) is 11.1. The van der Waals surface area contributed by atoms with Crippen LogP contribution in [-0.2, 0) is 17.9 Å². The molecule has 2 heterocycles. The maximum absolute atomic E-state index is 13.5. The number of carbonyl (C=O) groups is 1. The van der Waals surface area contributed by atoms with E-state index in [0.717, 1.165) is 16.5 Å². The van der Waals surface area contributed by atoms with E-state index in [1.165, 1.54) is 11.8 Å². The quantitative estimate of drug-likeness (QED) is 0.255. The molecule has 0 aliphatic heterocycles. The standard InChI is InChI=1S/C27H23N3O4S/c1-33-20-11-7-10-19(14-20)16-30-26(32)25-24(21-12-5-6-13-22(21)34-25)29-27(30)35-17-23(31)28-15-18-8-3-2-4-9-18/h2-14H,15-17H2,1H3,(H,28,31). The molecule has 35 heavy (non-hydrogen) atoms. The van der Waals surface area contributed by atoms with Crippen molar-refractivity contribution in [3.05, 3.63) is 100 Å². The molecule has 0 bridgehead atoms. The van der Waals surface area contributed by atoms with Crippen molar-refractivity contribution in [3.8, 4) is 5.75 Å². The maximum Gasteiger partial charge on any atom is 0.298 e. The van der Waals surface area contributed by atoms with E-state index in [2.05, 4.69) is 5.32 Å². The van der Waals surface area contributed by atoms with Gasteiger partial charge in [-0.3, -0.25) is 14.2 Å². The number of methoxy groups -OCH3 is 1. The highest BCUT2D eigenvalue weighted by atomic mass is 32.2. The van der Waals surface area contributed by atoms with Crippen LogP contribution >= 0.6 is 11.8 Å². The zero-order valence-electron chi connectivity index (χ0n) is 19.1. The van der Waals surface area contributed by atoms with Crippen LogP contribution in [0.25, 0.3) is 22.1 Å². The Balaban J connectivity index is 1.47. The van der Waals surface area contributed by atoms with E-state index in [4.69, 9.17) is 14.1 Å². The van der Waals surface area contributed by atoms with Gasteiger partial charge in [-0.2, -0.15) is 0 Å². The molecule has 1 amide bonds. The molecule has 3 aromatic carbocycles. The van der Waals surface area contributed by atoms with Crippen LogP contribution in [0.4, 0.5) is 0 Å². The van der Waals surface area contributed by atoms with Gasteiger partial charge in [0, 0.05) is 11.9 Å². The first-order valence-corrected chi connectivity index (χ1v) is 12.1. The molecule has 0 radical (unpaired) electrons. The summed E-state index contributed by atoms with van der Waals surface area (Å²) < 4.78 is 12.7. The summed E-state index contributed by atoms with van der Waals surface area (Å²) in [7, 11) is 1.60. The minimum Gasteiger partial charge on any atom is -0.497 e. The van der Waals surface area contributed by atoms with Crippen LogP contribution in [0.1, 0.15) is 11.1 Å². The molecular formula is C27H23N3O4S. The SMILES string of the molecule is COc1cccc(Cn2c(SCC(=O)NCc3ccccc3)nc3c(oc4ccccc43)c2=O)c1. The molecule has 0 fully saturated rings. The van der Waals surface area contributed by atoms with Crippen LogP contribution in [0.5, 0.6) is 5.75 Å². The second-order valence-electron chi connectivity index (χ2n) is 7.96. The molecule has 8 heteroatoms. The van der Waals surface area contributed by atoms with E-state index >= 15 is 0 Å². The molecule has 0 aliphatic rings. The third-order valence-corrected chi connectivity index (χ3v) is 6.56. The van der Waals surface area contributed by atoms with Gasteiger partial charge in [0.2, 0.25) is 11.5 Å². The number of nitrogens with zero attached hydrogens (tertiary/aromatic N) is 2. The van der Waals surface area contributed by atoms with Crippen LogP contribution in [0.15, 0.2) is 93.2 Å². The van der Waals surface area contributed by atoms with Crippen molar-refractivity contribution < 1.29 is 13.9 Å². The van der Waals surface area contributed by atoms with Crippen LogP contribution in [0, 0.1) is 0 Å². The number of thioether (sulfide) groups is 1. The Labute approximate surface area is 205 Å². The number of hydrogen-bond acceptors (Lipinski definition) is 6. The summed E-state index contributed by atoms with van der Waals surface area (Å²) in [6.45, 7) is 0.708. The molecular weight excluding hydrogens is 462 g/mol. The Morgan fingerprint density at radius 2 is 1.80 bits per heavy atom. The van der Waals surface area contributed by atoms with Crippen molar-refractivity contribution in [2.24, 2.45) is 0 Å². The highest BCUT2D eigenvalue weighted by Gasteiger charge is 2.19. The molecule has 2 aromatic heterocycles. The number of nitrogens with one attached hydrogen (secondary N) is 1. The lowest BCUT2D eigenvalue weighted by atomic mass is 10.2. The van der Waals surface area contributed by atoms with Gasteiger partial charge < -0.3 is 14.5 Å². The second kappa shape index (κ2) is 10.1. The molecule has 176 valence electrons. The number of fused-ring (bicyclic) bond motifs is 3. The van der Waals surface area contributed by atoms with Crippen molar-refractivity contribution in [1.29, 1.82) is 0 Å². The molecule has 5 aromatic rings. The van der Waals surface area contributed by atoms with Crippen molar-refractivity contribution in [1.82, 2.24) is 14.9 Å². The van der Waals surface area contributed by atoms with Crippen LogP contribution in [-0.4, -0.2) is 28.3 Å². The zero-order valence-corrected chi connectivity index (χ0v) is 19.9. The zero-order chi connectivity index (χ0) is 24.2. The van der Waals surface area contributed by atoms with Gasteiger partial charge in [-0.1, -0.05) is 66.4 Å². The Kier molecular flexibility index (Phi) is 6.54. The molecule has 0 unspecified atom stereocenters. The van der Waals surface area contributed by atoms with Gasteiger partial charge in [-0.05, 0) is 35.4 Å². The number of hydrogen-bond donors (Lipinski definition) is 1. The Bertz CT molecular complexity index is 1560. The third kappa shape index (κ3) is 4.93. The average Bonchev–Trinajstić information content (AvgIpc) is 3.27. The van der Waals surface area contributed by atoms with E-state index in [1.54, 1.807) is 11.7 Å². The van der Waals surface area contributed by atoms with Gasteiger partial charge in [0.15, 0.2) is 5.16 Å². The third-order valence-electron chi connectivity index (χ3n) is 5.59. The van der Waals surface area contributed by atoms with E-state index in [9.17, 15) is 9.59 Å². The van der Waals surface area contributed by atoms with Crippen LogP contribution < -0.4 is 15.6 Å². The van der Waals surface area contributed by atoms with Crippen LogP contribution in [0.2, 0.25) is 0 Å². The second-order valence-corrected chi connectivity index (χ2v) is 8.91. The molecule has 0 aliphatic carbocycles. The van der Waals surface area contributed by atoms with Crippen molar-refractivity contribution in [2.45, 2.75) is 18.2 Å². The predicted molar refractivity (Wildman–Crippen MR) is 137 cm³/mol. The topological polar surface area (TPSA) is 86.4 Å². The summed E-state index contributed by atoms with van der Waals surface area (Å²) >= 11 is 1.23. The minimum absolute atomic E-state index is 0.124. The summed E-state index contributed by atoms with van der Waals surface area (Å²) in [6.07, 6.45) is 0. The van der Waals surface area contributed by atoms with E-state index < -0.39 is 0 Å². The maximum atomic E-state index is 13.5. The number of benzene rings is 3.